The van der Waals surface area contributed by atoms with Crippen molar-refractivity contribution in [1.29, 1.82) is 0 Å². The average Bonchev–Trinajstić information content (AvgIpc) is 2.36. The Bertz CT molecular complexity index is 443. The quantitative estimate of drug-likeness (QED) is 0.634. The van der Waals surface area contributed by atoms with Crippen molar-refractivity contribution in [3.63, 3.8) is 0 Å². The number of hydrogen-bond acceptors (Lipinski definition) is 3. The van der Waals surface area contributed by atoms with Gasteiger partial charge < -0.3 is 10.3 Å². The Labute approximate surface area is 115 Å². The molecule has 0 aliphatic heterocycles. The lowest BCUT2D eigenvalue weighted by atomic mass is 10.0. The summed E-state index contributed by atoms with van der Waals surface area (Å²) in [4.78, 5) is 14.2. The monoisotopic (exact) mass is 263 g/mol. The summed E-state index contributed by atoms with van der Waals surface area (Å²) in [7, 11) is 1.86. The first-order valence-electron chi connectivity index (χ1n) is 6.71. The minimum Gasteiger partial charge on any atom is -0.339 e. The van der Waals surface area contributed by atoms with Gasteiger partial charge in [0, 0.05) is 18.7 Å². The maximum Gasteiger partial charge on any atom is 0.253 e. The van der Waals surface area contributed by atoms with Crippen LogP contribution in [0.2, 0.25) is 0 Å². The van der Waals surface area contributed by atoms with E-state index in [4.69, 9.17) is 5.84 Å². The van der Waals surface area contributed by atoms with Crippen molar-refractivity contribution in [2.75, 3.05) is 12.5 Å². The maximum absolute atomic E-state index is 12.4. The largest absolute Gasteiger partial charge is 0.339 e. The predicted octanol–water partition coefficient (Wildman–Crippen LogP) is 2.79. The summed E-state index contributed by atoms with van der Waals surface area (Å²) in [5, 5.41) is 0. The number of aryl methyl sites for hydroxylation is 1. The lowest BCUT2D eigenvalue weighted by Gasteiger charge is -2.26. The highest BCUT2D eigenvalue weighted by molar-refractivity contribution is 5.95. The van der Waals surface area contributed by atoms with Crippen LogP contribution in [-0.4, -0.2) is 23.9 Å². The molecule has 19 heavy (non-hydrogen) atoms. The summed E-state index contributed by atoms with van der Waals surface area (Å²) in [5.74, 6) is 6.03. The van der Waals surface area contributed by atoms with Crippen LogP contribution in [0.15, 0.2) is 18.2 Å². The zero-order valence-electron chi connectivity index (χ0n) is 12.5. The number of nitrogens with two attached hydrogens (primary N) is 1. The smallest absolute Gasteiger partial charge is 0.253 e. The van der Waals surface area contributed by atoms with Gasteiger partial charge in [0.05, 0.1) is 5.69 Å². The first-order chi connectivity index (χ1) is 8.86. The first kappa shape index (κ1) is 15.5. The van der Waals surface area contributed by atoms with Gasteiger partial charge in [0.25, 0.3) is 5.91 Å². The molecular formula is C15H25N3O. The van der Waals surface area contributed by atoms with Gasteiger partial charge in [0.15, 0.2) is 0 Å². The van der Waals surface area contributed by atoms with Crippen LogP contribution in [0.25, 0.3) is 0 Å². The summed E-state index contributed by atoms with van der Waals surface area (Å²) in [6.07, 6.45) is 1.00. The van der Waals surface area contributed by atoms with Crippen LogP contribution < -0.4 is 11.3 Å². The number of nitrogens with one attached hydrogen (secondary N) is 1. The van der Waals surface area contributed by atoms with Gasteiger partial charge in [-0.25, -0.2) is 0 Å². The third kappa shape index (κ3) is 3.96. The molecule has 1 atom stereocenters. The second kappa shape index (κ2) is 6.57. The number of benzene rings is 1. The lowest BCUT2D eigenvalue weighted by Crippen LogP contribution is -2.35. The number of anilines is 1. The summed E-state index contributed by atoms with van der Waals surface area (Å²) in [6.45, 7) is 8.35. The molecule has 0 saturated carbocycles. The lowest BCUT2D eigenvalue weighted by molar-refractivity contribution is 0.0728. The Morgan fingerprint density at radius 3 is 2.47 bits per heavy atom. The molecule has 0 aliphatic carbocycles. The molecule has 0 bridgehead atoms. The average molecular weight is 263 g/mol. The molecule has 1 unspecified atom stereocenters. The van der Waals surface area contributed by atoms with E-state index in [9.17, 15) is 4.79 Å². The van der Waals surface area contributed by atoms with Gasteiger partial charge in [-0.05, 0) is 49.9 Å². The molecule has 0 radical (unpaired) electrons. The van der Waals surface area contributed by atoms with Crippen molar-refractivity contribution in [2.45, 2.75) is 40.2 Å². The molecule has 0 spiro atoms. The van der Waals surface area contributed by atoms with E-state index in [-0.39, 0.29) is 11.9 Å². The highest BCUT2D eigenvalue weighted by atomic mass is 16.2. The molecule has 0 aliphatic rings. The maximum atomic E-state index is 12.4. The second-order valence-corrected chi connectivity index (χ2v) is 5.57. The number of carbonyl (C=O) groups is 1. The minimum absolute atomic E-state index is 0.0554. The molecule has 4 heteroatoms. The molecule has 0 heterocycles. The molecule has 1 rings (SSSR count). The van der Waals surface area contributed by atoms with E-state index >= 15 is 0 Å². The normalized spacial score (nSPS) is 12.4. The minimum atomic E-state index is 0.0554. The Morgan fingerprint density at radius 1 is 1.37 bits per heavy atom. The molecule has 0 saturated heterocycles. The molecule has 106 valence electrons. The van der Waals surface area contributed by atoms with E-state index in [1.54, 1.807) is 0 Å². The van der Waals surface area contributed by atoms with Gasteiger partial charge in [-0.15, -0.1) is 0 Å². The van der Waals surface area contributed by atoms with Crippen LogP contribution in [0.5, 0.6) is 0 Å². The van der Waals surface area contributed by atoms with E-state index < -0.39 is 0 Å². The third-order valence-corrected chi connectivity index (χ3v) is 3.42. The molecule has 1 aromatic rings. The van der Waals surface area contributed by atoms with E-state index in [1.165, 1.54) is 0 Å². The Balaban J connectivity index is 2.85. The third-order valence-electron chi connectivity index (χ3n) is 3.42. The number of amides is 1. The van der Waals surface area contributed by atoms with Crippen molar-refractivity contribution in [2.24, 2.45) is 11.8 Å². The Kier molecular flexibility index (Phi) is 5.36. The van der Waals surface area contributed by atoms with Crippen molar-refractivity contribution in [3.8, 4) is 0 Å². The van der Waals surface area contributed by atoms with Crippen LogP contribution >= 0.6 is 0 Å². The van der Waals surface area contributed by atoms with Gasteiger partial charge in [-0.2, -0.15) is 0 Å². The number of nitrogen functional groups attached to an aromatic ring is 1. The summed E-state index contributed by atoms with van der Waals surface area (Å²) < 4.78 is 0. The Morgan fingerprint density at radius 2 is 2.00 bits per heavy atom. The highest BCUT2D eigenvalue weighted by Gasteiger charge is 2.18. The molecule has 1 aromatic carbocycles. The number of rotatable bonds is 5. The van der Waals surface area contributed by atoms with Gasteiger partial charge in [0.1, 0.15) is 0 Å². The fourth-order valence-corrected chi connectivity index (χ4v) is 2.20. The molecule has 3 N–H and O–H groups in total. The van der Waals surface area contributed by atoms with E-state index in [0.29, 0.717) is 11.5 Å². The van der Waals surface area contributed by atoms with Crippen molar-refractivity contribution in [3.05, 3.63) is 29.3 Å². The zero-order valence-corrected chi connectivity index (χ0v) is 12.5. The van der Waals surface area contributed by atoms with Gasteiger partial charge in [0.2, 0.25) is 0 Å². The molecule has 1 amide bonds. The van der Waals surface area contributed by atoms with Crippen molar-refractivity contribution in [1.82, 2.24) is 4.90 Å². The van der Waals surface area contributed by atoms with Crippen molar-refractivity contribution < 1.29 is 4.79 Å². The van der Waals surface area contributed by atoms with Gasteiger partial charge in [-0.1, -0.05) is 13.8 Å². The first-order valence-corrected chi connectivity index (χ1v) is 6.71. The van der Waals surface area contributed by atoms with Crippen LogP contribution in [0, 0.1) is 12.8 Å². The Hall–Kier alpha value is -1.55. The van der Waals surface area contributed by atoms with Crippen LogP contribution in [0.4, 0.5) is 5.69 Å². The van der Waals surface area contributed by atoms with Gasteiger partial charge in [-0.3, -0.25) is 10.6 Å². The molecule has 0 aromatic heterocycles. The van der Waals surface area contributed by atoms with Crippen LogP contribution in [-0.2, 0) is 0 Å². The van der Waals surface area contributed by atoms with E-state index in [1.807, 2.05) is 37.1 Å². The standard InChI is InChI=1S/C15H25N3O/c1-10(2)8-12(4)18(5)15(19)13-6-7-14(17-16)11(3)9-13/h6-7,9-10,12,17H,8,16H2,1-5H3. The zero-order chi connectivity index (χ0) is 14.6. The second-order valence-electron chi connectivity index (χ2n) is 5.57. The van der Waals surface area contributed by atoms with Gasteiger partial charge >= 0.3 is 0 Å². The van der Waals surface area contributed by atoms with Crippen molar-refractivity contribution >= 4 is 11.6 Å². The number of hydrogen-bond donors (Lipinski definition) is 2. The molecule has 4 nitrogen and oxygen atoms in total. The fraction of sp³-hybridized carbons (Fsp3) is 0.533. The number of nitrogens with zero attached hydrogens (tertiary/aromatic N) is 1. The highest BCUT2D eigenvalue weighted by Crippen LogP contribution is 2.18. The number of hydrazine groups is 1. The summed E-state index contributed by atoms with van der Waals surface area (Å²) in [5.41, 5.74) is 5.13. The van der Waals surface area contributed by atoms with E-state index in [2.05, 4.69) is 26.2 Å². The summed E-state index contributed by atoms with van der Waals surface area (Å²) >= 11 is 0. The van der Waals surface area contributed by atoms with Crippen LogP contribution in [0.1, 0.15) is 43.1 Å². The molecular weight excluding hydrogens is 238 g/mol. The van der Waals surface area contributed by atoms with Crippen LogP contribution in [0.3, 0.4) is 0 Å². The fourth-order valence-electron chi connectivity index (χ4n) is 2.20. The topological polar surface area (TPSA) is 58.4 Å². The SMILES string of the molecule is Cc1cc(C(=O)N(C)C(C)CC(C)C)ccc1NN. The molecule has 0 fully saturated rings. The predicted molar refractivity (Wildman–Crippen MR) is 80.0 cm³/mol. The number of carbonyl (C=O) groups excluding carboxylic acids is 1. The summed E-state index contributed by atoms with van der Waals surface area (Å²) in [6, 6.07) is 5.75. The van der Waals surface area contributed by atoms with E-state index in [0.717, 1.165) is 17.7 Å².